The number of benzene rings is 1. The lowest BCUT2D eigenvalue weighted by molar-refractivity contribution is -0.0641. The predicted octanol–water partition coefficient (Wildman–Crippen LogP) is 3.46. The number of carbonyl (C=O) groups is 1. The van der Waals surface area contributed by atoms with E-state index in [0.717, 1.165) is 4.47 Å². The maximum absolute atomic E-state index is 14.5. The smallest absolute Gasteiger partial charge is 0.266 e. The average Bonchev–Trinajstić information content (AvgIpc) is 3.08. The molecule has 0 spiro atoms. The molecule has 2 aromatic heterocycles. The fraction of sp³-hybridized carbons (Fsp3) is 0.333. The van der Waals surface area contributed by atoms with Crippen molar-refractivity contribution < 1.29 is 13.6 Å². The lowest BCUT2D eigenvalue weighted by Crippen LogP contribution is -2.49. The summed E-state index contributed by atoms with van der Waals surface area (Å²) in [4.78, 5) is 22.3. The van der Waals surface area contributed by atoms with Gasteiger partial charge in [-0.25, -0.2) is 18.3 Å². The maximum Gasteiger partial charge on any atom is 0.266 e. The van der Waals surface area contributed by atoms with Gasteiger partial charge in [-0.2, -0.15) is 10.1 Å². The van der Waals surface area contributed by atoms with Gasteiger partial charge in [0.1, 0.15) is 6.33 Å². The fourth-order valence-electron chi connectivity index (χ4n) is 3.48. The van der Waals surface area contributed by atoms with Crippen LogP contribution in [0, 0.1) is 6.92 Å². The van der Waals surface area contributed by atoms with Gasteiger partial charge < -0.3 is 4.90 Å². The van der Waals surface area contributed by atoms with Crippen molar-refractivity contribution in [2.45, 2.75) is 25.2 Å². The number of likely N-dealkylation sites (tertiary alicyclic amines) is 1. The van der Waals surface area contributed by atoms with Crippen LogP contribution in [0.15, 0.2) is 41.1 Å². The van der Waals surface area contributed by atoms with Crippen LogP contribution in [0.3, 0.4) is 0 Å². The summed E-state index contributed by atoms with van der Waals surface area (Å²) in [5, 5.41) is 4.11. The van der Waals surface area contributed by atoms with Crippen LogP contribution in [0.5, 0.6) is 0 Å². The second kappa shape index (κ2) is 6.63. The van der Waals surface area contributed by atoms with Crippen molar-refractivity contribution in [3.05, 3.63) is 58.1 Å². The van der Waals surface area contributed by atoms with Gasteiger partial charge in [-0.3, -0.25) is 4.79 Å². The first-order valence-corrected chi connectivity index (χ1v) is 9.22. The van der Waals surface area contributed by atoms with Gasteiger partial charge in [-0.15, -0.1) is 0 Å². The van der Waals surface area contributed by atoms with E-state index in [4.69, 9.17) is 0 Å². The largest absolute Gasteiger partial charge is 0.332 e. The van der Waals surface area contributed by atoms with Crippen molar-refractivity contribution in [1.82, 2.24) is 24.5 Å². The molecular weight excluding hydrogens is 420 g/mol. The number of aromatic nitrogens is 4. The first kappa shape index (κ1) is 18.0. The van der Waals surface area contributed by atoms with E-state index in [1.807, 2.05) is 0 Å². The molecule has 1 fully saturated rings. The number of rotatable bonds is 2. The molecule has 1 atom stereocenters. The zero-order chi connectivity index (χ0) is 19.2. The molecule has 1 saturated heterocycles. The van der Waals surface area contributed by atoms with Crippen LogP contribution < -0.4 is 0 Å². The van der Waals surface area contributed by atoms with E-state index >= 15 is 0 Å². The van der Waals surface area contributed by atoms with E-state index in [-0.39, 0.29) is 13.0 Å². The Labute approximate surface area is 162 Å². The number of hydrogen-bond acceptors (Lipinski definition) is 4. The number of fused-ring (bicyclic) bond motifs is 1. The molecular formula is C18H16BrF2N5O. The zero-order valence-electron chi connectivity index (χ0n) is 14.4. The van der Waals surface area contributed by atoms with Gasteiger partial charge in [0.2, 0.25) is 0 Å². The summed E-state index contributed by atoms with van der Waals surface area (Å²) in [6.45, 7) is 1.37. The highest BCUT2D eigenvalue weighted by molar-refractivity contribution is 9.10. The minimum absolute atomic E-state index is 0.183. The third-order valence-electron chi connectivity index (χ3n) is 4.61. The van der Waals surface area contributed by atoms with Crippen LogP contribution in [0.2, 0.25) is 0 Å². The molecule has 3 aromatic rings. The predicted molar refractivity (Wildman–Crippen MR) is 97.9 cm³/mol. The van der Waals surface area contributed by atoms with Crippen LogP contribution in [0.4, 0.5) is 8.78 Å². The van der Waals surface area contributed by atoms with Gasteiger partial charge in [0.15, 0.2) is 0 Å². The standard InChI is InChI=1S/C18H16BrF2N5O/c1-11-6-15(26-17(24-11)22-10-23-26)13-7-18(20,21)9-25(8-13)16(27)12-2-4-14(19)5-3-12/h2-6,10,13H,7-9H2,1H3. The highest BCUT2D eigenvalue weighted by atomic mass is 79.9. The first-order valence-electron chi connectivity index (χ1n) is 8.42. The third kappa shape index (κ3) is 3.55. The number of hydrogen-bond donors (Lipinski definition) is 0. The van der Waals surface area contributed by atoms with Crippen molar-refractivity contribution >= 4 is 27.6 Å². The Kier molecular flexibility index (Phi) is 4.41. The van der Waals surface area contributed by atoms with Gasteiger partial charge >= 0.3 is 0 Å². The van der Waals surface area contributed by atoms with E-state index < -0.39 is 24.3 Å². The highest BCUT2D eigenvalue weighted by Crippen LogP contribution is 2.36. The molecule has 0 aliphatic carbocycles. The van der Waals surface area contributed by atoms with Crippen molar-refractivity contribution in [1.29, 1.82) is 0 Å². The molecule has 0 bridgehead atoms. The average molecular weight is 436 g/mol. The number of alkyl halides is 2. The molecule has 1 aromatic carbocycles. The quantitative estimate of drug-likeness (QED) is 0.618. The summed E-state index contributed by atoms with van der Waals surface area (Å²) in [7, 11) is 0. The Morgan fingerprint density at radius 3 is 2.78 bits per heavy atom. The summed E-state index contributed by atoms with van der Waals surface area (Å²) in [5.74, 6) is -3.60. The summed E-state index contributed by atoms with van der Waals surface area (Å²) >= 11 is 3.31. The number of piperidine rings is 1. The van der Waals surface area contributed by atoms with Crippen LogP contribution in [0.25, 0.3) is 5.78 Å². The maximum atomic E-state index is 14.5. The lowest BCUT2D eigenvalue weighted by atomic mass is 9.91. The van der Waals surface area contributed by atoms with E-state index in [9.17, 15) is 13.6 Å². The van der Waals surface area contributed by atoms with E-state index in [0.29, 0.717) is 22.7 Å². The summed E-state index contributed by atoms with van der Waals surface area (Å²) in [5.41, 5.74) is 1.64. The Bertz CT molecular complexity index is 1000. The van der Waals surface area contributed by atoms with Gasteiger partial charge in [0.05, 0.1) is 12.2 Å². The zero-order valence-corrected chi connectivity index (χ0v) is 16.0. The second-order valence-corrected chi connectivity index (χ2v) is 7.66. The third-order valence-corrected chi connectivity index (χ3v) is 5.14. The van der Waals surface area contributed by atoms with Crippen molar-refractivity contribution in [3.8, 4) is 0 Å². The highest BCUT2D eigenvalue weighted by Gasteiger charge is 2.43. The number of aryl methyl sites for hydroxylation is 1. The van der Waals surface area contributed by atoms with E-state index in [2.05, 4.69) is 31.0 Å². The molecule has 4 rings (SSSR count). The number of nitrogens with zero attached hydrogens (tertiary/aromatic N) is 5. The molecule has 140 valence electrons. The Balaban J connectivity index is 1.69. The first-order chi connectivity index (χ1) is 12.8. The van der Waals surface area contributed by atoms with Crippen LogP contribution in [-0.2, 0) is 0 Å². The molecule has 1 aliphatic rings. The van der Waals surface area contributed by atoms with Crippen LogP contribution >= 0.6 is 15.9 Å². The van der Waals surface area contributed by atoms with Crippen LogP contribution in [-0.4, -0.2) is 49.4 Å². The summed E-state index contributed by atoms with van der Waals surface area (Å²) < 4.78 is 31.3. The SMILES string of the molecule is Cc1cc(C2CN(C(=O)c3ccc(Br)cc3)CC(F)(F)C2)n2ncnc2n1. The molecule has 3 heterocycles. The molecule has 9 heteroatoms. The van der Waals surface area contributed by atoms with E-state index in [1.54, 1.807) is 37.3 Å². The molecule has 0 saturated carbocycles. The number of amides is 1. The second-order valence-electron chi connectivity index (χ2n) is 6.74. The van der Waals surface area contributed by atoms with Gasteiger partial charge in [0.25, 0.3) is 17.6 Å². The topological polar surface area (TPSA) is 63.4 Å². The number of halogens is 3. The van der Waals surface area contributed by atoms with Crippen molar-refractivity contribution in [2.75, 3.05) is 13.1 Å². The van der Waals surface area contributed by atoms with E-state index in [1.165, 1.54) is 15.7 Å². The van der Waals surface area contributed by atoms with Crippen molar-refractivity contribution in [2.24, 2.45) is 0 Å². The van der Waals surface area contributed by atoms with Gasteiger partial charge in [-0.05, 0) is 37.3 Å². The Morgan fingerprint density at radius 1 is 1.30 bits per heavy atom. The molecule has 1 unspecified atom stereocenters. The molecule has 27 heavy (non-hydrogen) atoms. The normalized spacial score (nSPS) is 19.4. The molecule has 1 aliphatic heterocycles. The molecule has 0 N–H and O–H groups in total. The molecule has 0 radical (unpaired) electrons. The number of carbonyl (C=O) groups excluding carboxylic acids is 1. The van der Waals surface area contributed by atoms with Crippen molar-refractivity contribution in [3.63, 3.8) is 0 Å². The fourth-order valence-corrected chi connectivity index (χ4v) is 3.74. The lowest BCUT2D eigenvalue weighted by Gasteiger charge is -2.37. The summed E-state index contributed by atoms with van der Waals surface area (Å²) in [6.07, 6.45) is 0.993. The summed E-state index contributed by atoms with van der Waals surface area (Å²) in [6, 6.07) is 8.42. The van der Waals surface area contributed by atoms with Gasteiger partial charge in [-0.1, -0.05) is 15.9 Å². The van der Waals surface area contributed by atoms with Crippen LogP contribution in [0.1, 0.15) is 34.1 Å². The molecule has 1 amide bonds. The minimum Gasteiger partial charge on any atom is -0.332 e. The Hall–Kier alpha value is -2.42. The Morgan fingerprint density at radius 2 is 2.04 bits per heavy atom. The monoisotopic (exact) mass is 435 g/mol. The minimum atomic E-state index is -2.99. The molecule has 6 nitrogen and oxygen atoms in total. The van der Waals surface area contributed by atoms with Gasteiger partial charge in [0, 0.05) is 34.6 Å².